The number of para-hydroxylation sites is 2. The van der Waals surface area contributed by atoms with Gasteiger partial charge in [-0.3, -0.25) is 4.99 Å². The summed E-state index contributed by atoms with van der Waals surface area (Å²) >= 11 is 0. The lowest BCUT2D eigenvalue weighted by Crippen LogP contribution is -2.12. The van der Waals surface area contributed by atoms with Gasteiger partial charge >= 0.3 is 20.4 Å². The van der Waals surface area contributed by atoms with E-state index in [4.69, 9.17) is 0 Å². The SMILES string of the molecule is CC(C)(C)c1cccc(C=Nc2c(S(F)(F)(F)(F)F)cccc2S(F)(F)(F)(F)F)c1O. The molecule has 0 radical (unpaired) electrons. The predicted molar refractivity (Wildman–Crippen MR) is 103 cm³/mol. The van der Waals surface area contributed by atoms with Crippen molar-refractivity contribution in [2.45, 2.75) is 36.0 Å². The molecule has 1 N–H and O–H groups in total. The summed E-state index contributed by atoms with van der Waals surface area (Å²) in [4.78, 5) is -3.68. The van der Waals surface area contributed by atoms with Crippen molar-refractivity contribution in [3.8, 4) is 5.75 Å². The van der Waals surface area contributed by atoms with Crippen LogP contribution in [0.4, 0.5) is 44.5 Å². The van der Waals surface area contributed by atoms with E-state index in [2.05, 4.69) is 4.99 Å². The van der Waals surface area contributed by atoms with Crippen LogP contribution in [0.2, 0.25) is 0 Å². The van der Waals surface area contributed by atoms with Crippen molar-refractivity contribution in [2.24, 2.45) is 4.99 Å². The first kappa shape index (κ1) is 25.2. The van der Waals surface area contributed by atoms with Gasteiger partial charge in [0.15, 0.2) is 0 Å². The van der Waals surface area contributed by atoms with E-state index < -0.39 is 64.8 Å². The van der Waals surface area contributed by atoms with Crippen molar-refractivity contribution in [2.75, 3.05) is 0 Å². The van der Waals surface area contributed by atoms with Crippen molar-refractivity contribution in [1.82, 2.24) is 0 Å². The summed E-state index contributed by atoms with van der Waals surface area (Å²) in [6.45, 7) is 4.87. The number of hydrogen-bond donors (Lipinski definition) is 1. The summed E-state index contributed by atoms with van der Waals surface area (Å²) in [6.07, 6.45) is 0.194. The van der Waals surface area contributed by atoms with Crippen molar-refractivity contribution in [3.05, 3.63) is 47.5 Å². The maximum Gasteiger partial charge on any atom is 0.312 e. The molecule has 0 amide bonds. The summed E-state index contributed by atoms with van der Waals surface area (Å²) < 4.78 is 133. The Labute approximate surface area is 171 Å². The van der Waals surface area contributed by atoms with E-state index in [1.54, 1.807) is 20.8 Å². The molecule has 2 nitrogen and oxygen atoms in total. The van der Waals surface area contributed by atoms with Crippen molar-refractivity contribution in [1.29, 1.82) is 0 Å². The number of benzene rings is 2. The third kappa shape index (κ3) is 5.79. The van der Waals surface area contributed by atoms with Crippen LogP contribution in [0.5, 0.6) is 5.75 Å². The minimum absolute atomic E-state index is 0.194. The summed E-state index contributed by atoms with van der Waals surface area (Å²) in [5, 5.41) is 10.2. The quantitative estimate of drug-likeness (QED) is 0.326. The van der Waals surface area contributed by atoms with E-state index in [0.717, 1.165) is 6.07 Å². The molecule has 0 aliphatic heterocycles. The van der Waals surface area contributed by atoms with Crippen LogP contribution < -0.4 is 0 Å². The zero-order chi connectivity index (χ0) is 24.4. The van der Waals surface area contributed by atoms with Gasteiger partial charge in [-0.2, -0.15) is 0 Å². The molecular weight excluding hydrogens is 488 g/mol. The number of nitrogens with zero attached hydrogens (tertiary/aromatic N) is 1. The van der Waals surface area contributed by atoms with Crippen molar-refractivity contribution < 1.29 is 44.0 Å². The van der Waals surface area contributed by atoms with E-state index in [-0.39, 0.29) is 17.8 Å². The van der Waals surface area contributed by atoms with Crippen LogP contribution in [0.25, 0.3) is 0 Å². The summed E-state index contributed by atoms with van der Waals surface area (Å²) in [6, 6.07) is 2.57. The molecule has 2 rings (SSSR count). The molecule has 0 unspecified atom stereocenters. The minimum Gasteiger partial charge on any atom is -0.507 e. The average Bonchev–Trinajstić information content (AvgIpc) is 2.48. The number of aromatic hydroxyl groups is 1. The standard InChI is InChI=1S/C17H17F10NOS2/c1-17(2,3)12-7-4-6-11(16(12)29)10-28-15-13(30(18,19,20,21)22)8-5-9-14(15)31(23,24,25,26)27/h4-10,29H,1-3H3. The lowest BCUT2D eigenvalue weighted by atomic mass is 9.85. The number of aliphatic imine (C=N–C) groups is 1. The molecule has 14 heteroatoms. The Kier molecular flexibility index (Phi) is 4.57. The zero-order valence-electron chi connectivity index (χ0n) is 16.0. The van der Waals surface area contributed by atoms with Gasteiger partial charge < -0.3 is 5.11 Å². The van der Waals surface area contributed by atoms with Gasteiger partial charge in [0.25, 0.3) is 0 Å². The van der Waals surface area contributed by atoms with Gasteiger partial charge in [0.05, 0.1) is 0 Å². The van der Waals surface area contributed by atoms with Gasteiger partial charge in [-0.1, -0.05) is 77.8 Å². The van der Waals surface area contributed by atoms with Gasteiger partial charge in [0.2, 0.25) is 0 Å². The molecule has 0 saturated carbocycles. The highest BCUT2D eigenvalue weighted by molar-refractivity contribution is 8.46. The second kappa shape index (κ2) is 5.63. The molecule has 0 bridgehead atoms. The summed E-state index contributed by atoms with van der Waals surface area (Å²) in [5.74, 6) is -0.613. The molecule has 0 saturated heterocycles. The van der Waals surface area contributed by atoms with E-state index >= 15 is 0 Å². The highest BCUT2D eigenvalue weighted by Crippen LogP contribution is 3.06. The van der Waals surface area contributed by atoms with E-state index in [1.807, 2.05) is 0 Å². The van der Waals surface area contributed by atoms with Crippen LogP contribution in [0, 0.1) is 0 Å². The highest BCUT2D eigenvalue weighted by Gasteiger charge is 2.71. The Bertz CT molecular complexity index is 1040. The van der Waals surface area contributed by atoms with E-state index in [1.165, 1.54) is 12.1 Å². The Hall–Kier alpha value is -2.09. The third-order valence-corrected chi connectivity index (χ3v) is 6.32. The summed E-state index contributed by atoms with van der Waals surface area (Å²) in [5.41, 5.74) is -3.67. The molecule has 0 spiro atoms. The first-order chi connectivity index (χ1) is 13.2. The molecule has 0 aromatic heterocycles. The lowest BCUT2D eigenvalue weighted by molar-refractivity contribution is 0.361. The number of halogens is 10. The van der Waals surface area contributed by atoms with Gasteiger partial charge in [0.1, 0.15) is 21.2 Å². The molecule has 0 atom stereocenters. The number of rotatable bonds is 4. The van der Waals surface area contributed by atoms with E-state index in [0.29, 0.717) is 0 Å². The maximum atomic E-state index is 13.3. The molecule has 0 heterocycles. The second-order valence-electron chi connectivity index (χ2n) is 7.79. The first-order valence-corrected chi connectivity index (χ1v) is 12.1. The molecule has 178 valence electrons. The first-order valence-electron chi connectivity index (χ1n) is 8.18. The molecule has 2 aromatic carbocycles. The fourth-order valence-corrected chi connectivity index (χ4v) is 4.45. The average molecular weight is 505 g/mol. The van der Waals surface area contributed by atoms with Gasteiger partial charge in [-0.15, -0.1) is 0 Å². The van der Waals surface area contributed by atoms with Crippen LogP contribution in [0.1, 0.15) is 31.9 Å². The van der Waals surface area contributed by atoms with E-state index in [9.17, 15) is 44.0 Å². The molecule has 0 fully saturated rings. The lowest BCUT2D eigenvalue weighted by Gasteiger charge is -2.45. The van der Waals surface area contributed by atoms with Gasteiger partial charge in [-0.05, 0) is 29.2 Å². The predicted octanol–water partition coefficient (Wildman–Crippen LogP) is 9.76. The molecule has 0 aliphatic carbocycles. The summed E-state index contributed by atoms with van der Waals surface area (Å²) in [7, 11) is -21.7. The van der Waals surface area contributed by atoms with Crippen LogP contribution in [-0.4, -0.2) is 11.3 Å². The Morgan fingerprint density at radius 2 is 1.16 bits per heavy atom. The Morgan fingerprint density at radius 1 is 0.742 bits per heavy atom. The van der Waals surface area contributed by atoms with Crippen molar-refractivity contribution >= 4 is 32.4 Å². The topological polar surface area (TPSA) is 32.6 Å². The molecule has 31 heavy (non-hydrogen) atoms. The fourth-order valence-electron chi connectivity index (χ4n) is 2.66. The molecule has 2 aromatic rings. The van der Waals surface area contributed by atoms with Gasteiger partial charge in [-0.25, -0.2) is 0 Å². The number of hydrogen-bond acceptors (Lipinski definition) is 2. The Balaban J connectivity index is 2.90. The third-order valence-electron chi connectivity index (χ3n) is 4.00. The second-order valence-corrected chi connectivity index (χ2v) is 12.5. The number of phenols is 1. The van der Waals surface area contributed by atoms with Crippen molar-refractivity contribution in [3.63, 3.8) is 0 Å². The largest absolute Gasteiger partial charge is 0.507 e. The highest BCUT2D eigenvalue weighted by atomic mass is 32.5. The molecule has 0 aliphatic rings. The Morgan fingerprint density at radius 3 is 1.55 bits per heavy atom. The maximum absolute atomic E-state index is 13.3. The number of phenolic OH excluding ortho intramolecular Hbond substituents is 1. The molecular formula is C17H17F10NOS2. The zero-order valence-corrected chi connectivity index (χ0v) is 17.7. The van der Waals surface area contributed by atoms with Crippen LogP contribution in [-0.2, 0) is 5.41 Å². The normalized spacial score (nSPS) is 18.2. The van der Waals surface area contributed by atoms with Crippen LogP contribution >= 0.6 is 20.4 Å². The fraction of sp³-hybridized carbons (Fsp3) is 0.235. The monoisotopic (exact) mass is 505 g/mol. The van der Waals surface area contributed by atoms with Crippen LogP contribution in [0.3, 0.4) is 0 Å². The smallest absolute Gasteiger partial charge is 0.312 e. The minimum atomic E-state index is -10.9. The van der Waals surface area contributed by atoms with Gasteiger partial charge in [0, 0.05) is 11.8 Å². The van der Waals surface area contributed by atoms with Crippen LogP contribution in [0.15, 0.2) is 51.2 Å².